The predicted octanol–water partition coefficient (Wildman–Crippen LogP) is 4.11. The molecule has 1 aliphatic carbocycles. The molecule has 2 atom stereocenters. The first-order valence-electron chi connectivity index (χ1n) is 10.1. The summed E-state index contributed by atoms with van der Waals surface area (Å²) in [7, 11) is 0. The third kappa shape index (κ3) is 4.24. The molecule has 0 spiro atoms. The van der Waals surface area contributed by atoms with Crippen LogP contribution in [0.5, 0.6) is 0 Å². The quantitative estimate of drug-likeness (QED) is 0.629. The smallest absolute Gasteiger partial charge is 0.0997 e. The van der Waals surface area contributed by atoms with Crippen LogP contribution in [-0.4, -0.2) is 37.1 Å². The van der Waals surface area contributed by atoms with Gasteiger partial charge in [-0.2, -0.15) is 0 Å². The molecule has 2 aromatic carbocycles. The summed E-state index contributed by atoms with van der Waals surface area (Å²) < 4.78 is 0. The van der Waals surface area contributed by atoms with Crippen molar-refractivity contribution in [2.24, 2.45) is 10.9 Å². The van der Waals surface area contributed by atoms with E-state index >= 15 is 0 Å². The fourth-order valence-electron chi connectivity index (χ4n) is 3.98. The summed E-state index contributed by atoms with van der Waals surface area (Å²) >= 11 is 0. The highest BCUT2D eigenvalue weighted by Gasteiger charge is 2.29. The molecule has 0 radical (unpaired) electrons. The molecule has 4 heteroatoms. The molecule has 3 N–H and O–H groups in total. The highest BCUT2D eigenvalue weighted by atomic mass is 16.3. The van der Waals surface area contributed by atoms with Gasteiger partial charge in [-0.3, -0.25) is 4.99 Å². The van der Waals surface area contributed by atoms with Crippen molar-refractivity contribution in [3.05, 3.63) is 89.7 Å². The summed E-state index contributed by atoms with van der Waals surface area (Å²) in [6.07, 6.45) is 10.4. The SMILES string of the molecule is Cc1c(NC2=CC=CC3C(CNCCO)=CC=NC23)cccc1-c1ccccc1. The number of nitrogens with one attached hydrogen (secondary N) is 2. The zero-order valence-electron chi connectivity index (χ0n) is 16.7. The number of aliphatic hydroxyl groups is 1. The molecule has 4 nitrogen and oxygen atoms in total. The number of nitrogens with zero attached hydrogens (tertiary/aromatic N) is 1. The van der Waals surface area contributed by atoms with E-state index in [1.54, 1.807) is 0 Å². The van der Waals surface area contributed by atoms with Crippen molar-refractivity contribution in [2.75, 3.05) is 25.0 Å². The molecule has 0 amide bonds. The maximum absolute atomic E-state index is 9.02. The van der Waals surface area contributed by atoms with Crippen LogP contribution in [0.1, 0.15) is 5.56 Å². The Morgan fingerprint density at radius 3 is 2.72 bits per heavy atom. The van der Waals surface area contributed by atoms with Gasteiger partial charge in [0.1, 0.15) is 0 Å². The Morgan fingerprint density at radius 1 is 1.03 bits per heavy atom. The third-order valence-electron chi connectivity index (χ3n) is 5.53. The van der Waals surface area contributed by atoms with Gasteiger partial charge in [0.05, 0.1) is 12.6 Å². The molecule has 1 heterocycles. The molecule has 2 aromatic rings. The van der Waals surface area contributed by atoms with Crippen LogP contribution in [0, 0.1) is 12.8 Å². The van der Waals surface area contributed by atoms with Crippen molar-refractivity contribution in [1.29, 1.82) is 0 Å². The van der Waals surface area contributed by atoms with Crippen LogP contribution in [-0.2, 0) is 0 Å². The number of aliphatic hydroxyl groups excluding tert-OH is 1. The molecule has 4 rings (SSSR count). The lowest BCUT2D eigenvalue weighted by molar-refractivity contribution is 0.293. The van der Waals surface area contributed by atoms with Gasteiger partial charge in [-0.15, -0.1) is 0 Å². The molecule has 148 valence electrons. The van der Waals surface area contributed by atoms with E-state index in [1.807, 2.05) is 12.3 Å². The molecular formula is C25H27N3O. The van der Waals surface area contributed by atoms with Gasteiger partial charge in [-0.05, 0) is 47.4 Å². The van der Waals surface area contributed by atoms with E-state index < -0.39 is 0 Å². The van der Waals surface area contributed by atoms with E-state index in [-0.39, 0.29) is 18.6 Å². The number of benzene rings is 2. The lowest BCUT2D eigenvalue weighted by Crippen LogP contribution is -2.33. The number of fused-ring (bicyclic) bond motifs is 1. The fourth-order valence-corrected chi connectivity index (χ4v) is 3.98. The van der Waals surface area contributed by atoms with E-state index in [0.717, 1.165) is 17.9 Å². The molecule has 0 saturated heterocycles. The first-order chi connectivity index (χ1) is 14.3. The Morgan fingerprint density at radius 2 is 1.90 bits per heavy atom. The Kier molecular flexibility index (Phi) is 6.03. The Bertz CT molecular complexity index is 973. The van der Waals surface area contributed by atoms with Crippen LogP contribution >= 0.6 is 0 Å². The first-order valence-corrected chi connectivity index (χ1v) is 10.1. The molecule has 0 bridgehead atoms. The summed E-state index contributed by atoms with van der Waals surface area (Å²) in [5.74, 6) is 0.233. The van der Waals surface area contributed by atoms with Crippen molar-refractivity contribution in [1.82, 2.24) is 5.32 Å². The maximum Gasteiger partial charge on any atom is 0.0997 e. The number of allylic oxidation sites excluding steroid dienone is 3. The monoisotopic (exact) mass is 385 g/mol. The number of hydrogen-bond acceptors (Lipinski definition) is 4. The molecule has 2 unspecified atom stereocenters. The topological polar surface area (TPSA) is 56.6 Å². The molecule has 0 aromatic heterocycles. The summed E-state index contributed by atoms with van der Waals surface area (Å²) in [4.78, 5) is 4.76. The van der Waals surface area contributed by atoms with E-state index in [9.17, 15) is 0 Å². The normalized spacial score (nSPS) is 20.1. The lowest BCUT2D eigenvalue weighted by Gasteiger charge is -2.32. The van der Waals surface area contributed by atoms with Gasteiger partial charge >= 0.3 is 0 Å². The second kappa shape index (κ2) is 9.03. The number of hydrogen-bond donors (Lipinski definition) is 3. The second-order valence-corrected chi connectivity index (χ2v) is 7.39. The zero-order chi connectivity index (χ0) is 20.1. The van der Waals surface area contributed by atoms with Gasteiger partial charge in [0.15, 0.2) is 0 Å². The third-order valence-corrected chi connectivity index (χ3v) is 5.53. The van der Waals surface area contributed by atoms with E-state index in [4.69, 9.17) is 10.1 Å². The van der Waals surface area contributed by atoms with Gasteiger partial charge in [0.2, 0.25) is 0 Å². The lowest BCUT2D eigenvalue weighted by atomic mass is 9.84. The maximum atomic E-state index is 9.02. The molecule has 0 fully saturated rings. The number of dihydropyridines is 1. The van der Waals surface area contributed by atoms with Crippen molar-refractivity contribution in [3.63, 3.8) is 0 Å². The summed E-state index contributed by atoms with van der Waals surface area (Å²) in [6, 6.07) is 16.9. The number of anilines is 1. The van der Waals surface area contributed by atoms with Crippen molar-refractivity contribution < 1.29 is 5.11 Å². The molecular weight excluding hydrogens is 358 g/mol. The zero-order valence-corrected chi connectivity index (χ0v) is 16.7. The van der Waals surface area contributed by atoms with Crippen LogP contribution in [0.3, 0.4) is 0 Å². The largest absolute Gasteiger partial charge is 0.395 e. The molecule has 2 aliphatic rings. The minimum atomic E-state index is 0.0516. The highest BCUT2D eigenvalue weighted by Crippen LogP contribution is 2.34. The fraction of sp³-hybridized carbons (Fsp3) is 0.240. The van der Waals surface area contributed by atoms with Crippen molar-refractivity contribution in [3.8, 4) is 11.1 Å². The van der Waals surface area contributed by atoms with Gasteiger partial charge in [0, 0.05) is 36.6 Å². The van der Waals surface area contributed by atoms with Crippen LogP contribution in [0.2, 0.25) is 0 Å². The van der Waals surface area contributed by atoms with Gasteiger partial charge in [-0.25, -0.2) is 0 Å². The Hall–Kier alpha value is -2.95. The molecule has 1 aliphatic heterocycles. The minimum absolute atomic E-state index is 0.0516. The first kappa shape index (κ1) is 19.4. The van der Waals surface area contributed by atoms with Crippen molar-refractivity contribution in [2.45, 2.75) is 13.0 Å². The standard InChI is InChI=1S/C25H27N3O/c1-18-21(19-7-3-2-4-8-19)9-5-11-23(18)28-24-12-6-10-22-20(17-26-15-16-29)13-14-27-25(22)24/h2-14,22,25-26,28-29H,15-17H2,1H3. The van der Waals surface area contributed by atoms with E-state index in [1.165, 1.54) is 22.3 Å². The summed E-state index contributed by atoms with van der Waals surface area (Å²) in [6.45, 7) is 3.67. The van der Waals surface area contributed by atoms with E-state index in [0.29, 0.717) is 6.54 Å². The van der Waals surface area contributed by atoms with Crippen LogP contribution < -0.4 is 10.6 Å². The second-order valence-electron chi connectivity index (χ2n) is 7.39. The number of aliphatic imine (C=N–C) groups is 1. The average molecular weight is 386 g/mol. The average Bonchev–Trinajstić information content (AvgIpc) is 2.76. The van der Waals surface area contributed by atoms with Crippen LogP contribution in [0.4, 0.5) is 5.69 Å². The van der Waals surface area contributed by atoms with E-state index in [2.05, 4.69) is 84.3 Å². The Balaban J connectivity index is 1.55. The summed E-state index contributed by atoms with van der Waals surface area (Å²) in [5.41, 5.74) is 7.19. The van der Waals surface area contributed by atoms with Crippen molar-refractivity contribution >= 4 is 11.9 Å². The predicted molar refractivity (Wildman–Crippen MR) is 121 cm³/mol. The number of rotatable bonds is 7. The highest BCUT2D eigenvalue weighted by molar-refractivity contribution is 5.77. The van der Waals surface area contributed by atoms with Gasteiger partial charge in [-0.1, -0.05) is 54.6 Å². The molecule has 29 heavy (non-hydrogen) atoms. The van der Waals surface area contributed by atoms with Gasteiger partial charge < -0.3 is 15.7 Å². The Labute approximate surface area is 172 Å². The van der Waals surface area contributed by atoms with Crippen LogP contribution in [0.25, 0.3) is 11.1 Å². The minimum Gasteiger partial charge on any atom is -0.395 e. The summed E-state index contributed by atoms with van der Waals surface area (Å²) in [5, 5.41) is 16.0. The van der Waals surface area contributed by atoms with Gasteiger partial charge in [0.25, 0.3) is 0 Å². The van der Waals surface area contributed by atoms with Crippen LogP contribution in [0.15, 0.2) is 89.1 Å². The molecule has 0 saturated carbocycles.